The molecule has 0 atom stereocenters. The minimum Gasteiger partial charge on any atom is -0.489 e. The van der Waals surface area contributed by atoms with Gasteiger partial charge in [-0.1, -0.05) is 12.1 Å². The molecule has 2 N–H and O–H groups in total. The first kappa shape index (κ1) is 21.4. The molecule has 1 aromatic carbocycles. The van der Waals surface area contributed by atoms with E-state index in [1.807, 2.05) is 12.1 Å². The number of carboxylic acid groups (broad SMARTS) is 1. The van der Waals surface area contributed by atoms with E-state index in [2.05, 4.69) is 5.32 Å². The molecule has 0 saturated carbocycles. The maximum atomic E-state index is 12.3. The summed E-state index contributed by atoms with van der Waals surface area (Å²) in [6.45, 7) is 5.68. The third kappa shape index (κ3) is 5.20. The minimum atomic E-state index is -1.16. The van der Waals surface area contributed by atoms with Crippen LogP contribution in [0.25, 0.3) is 0 Å². The number of rotatable bonds is 2. The van der Waals surface area contributed by atoms with Crippen LogP contribution >= 0.6 is 0 Å². The number of ketones is 1. The van der Waals surface area contributed by atoms with Crippen LogP contribution in [0.1, 0.15) is 44.7 Å². The standard InChI is InChI=1S/C22H25NO7/c1-22(2,3)30-21(27)23-15-7-6-14-12-29-19-17(24)9-8-16(20(25)26)18(19)28-10-4-5-13(14)11-15/h6-8,11H,4-5,9-10,12H2,1-3H3,(H,23,27)(H,25,26). The fourth-order valence-electron chi connectivity index (χ4n) is 3.19. The summed E-state index contributed by atoms with van der Waals surface area (Å²) in [5, 5.41) is 12.1. The lowest BCUT2D eigenvalue weighted by Gasteiger charge is -2.23. The molecule has 1 aliphatic heterocycles. The Labute approximate surface area is 174 Å². The van der Waals surface area contributed by atoms with Crippen LogP contribution in [0.15, 0.2) is 41.4 Å². The van der Waals surface area contributed by atoms with Crippen LogP contribution in [0.5, 0.6) is 0 Å². The number of aliphatic carboxylic acids is 1. The molecule has 0 bridgehead atoms. The number of carboxylic acids is 1. The average Bonchev–Trinajstić information content (AvgIpc) is 2.64. The Balaban J connectivity index is 1.82. The molecule has 0 spiro atoms. The van der Waals surface area contributed by atoms with Gasteiger partial charge in [0.25, 0.3) is 0 Å². The number of fused-ring (bicyclic) bond motifs is 1. The zero-order chi connectivity index (χ0) is 21.9. The minimum absolute atomic E-state index is 0.00888. The molecule has 8 heteroatoms. The molecule has 1 heterocycles. The number of hydrogen-bond acceptors (Lipinski definition) is 6. The summed E-state index contributed by atoms with van der Waals surface area (Å²) in [5.41, 5.74) is 1.72. The van der Waals surface area contributed by atoms with Crippen molar-refractivity contribution in [1.82, 2.24) is 0 Å². The van der Waals surface area contributed by atoms with E-state index in [-0.39, 0.29) is 42.5 Å². The Morgan fingerprint density at radius 2 is 1.90 bits per heavy atom. The normalized spacial score (nSPS) is 16.9. The maximum absolute atomic E-state index is 12.3. The number of ether oxygens (including phenoxy) is 3. The van der Waals surface area contributed by atoms with E-state index in [0.29, 0.717) is 18.5 Å². The lowest BCUT2D eigenvalue weighted by molar-refractivity contribution is -0.132. The van der Waals surface area contributed by atoms with Gasteiger partial charge in [-0.3, -0.25) is 10.1 Å². The number of carbonyl (C=O) groups is 3. The highest BCUT2D eigenvalue weighted by atomic mass is 16.6. The lowest BCUT2D eigenvalue weighted by atomic mass is 10.00. The molecule has 1 amide bonds. The van der Waals surface area contributed by atoms with Crippen LogP contribution in [-0.2, 0) is 36.8 Å². The molecule has 1 aliphatic carbocycles. The SMILES string of the molecule is CC(C)(C)OC(=O)Nc1ccc2c(c1)CCCOC1=C(OC2)C(=O)CC=C1C(=O)O. The predicted octanol–water partition coefficient (Wildman–Crippen LogP) is 3.71. The van der Waals surface area contributed by atoms with Gasteiger partial charge in [-0.25, -0.2) is 9.59 Å². The first-order valence-corrected chi connectivity index (χ1v) is 9.73. The number of Topliss-reactive ketones (excluding diaryl/α,β-unsaturated/α-hetero) is 1. The first-order valence-electron chi connectivity index (χ1n) is 9.73. The van der Waals surface area contributed by atoms with Crippen molar-refractivity contribution in [1.29, 1.82) is 0 Å². The quantitative estimate of drug-likeness (QED) is 0.757. The average molecular weight is 415 g/mol. The summed E-state index contributed by atoms with van der Waals surface area (Å²) in [6.07, 6.45) is 1.99. The highest BCUT2D eigenvalue weighted by Crippen LogP contribution is 2.29. The van der Waals surface area contributed by atoms with Crippen molar-refractivity contribution in [3.63, 3.8) is 0 Å². The van der Waals surface area contributed by atoms with E-state index in [0.717, 1.165) is 11.1 Å². The van der Waals surface area contributed by atoms with Crippen molar-refractivity contribution in [3.05, 3.63) is 52.5 Å². The molecule has 3 rings (SSSR count). The number of carbonyl (C=O) groups excluding carboxylic acids is 2. The summed E-state index contributed by atoms with van der Waals surface area (Å²) in [5.74, 6) is -1.54. The highest BCUT2D eigenvalue weighted by molar-refractivity contribution is 6.03. The topological polar surface area (TPSA) is 111 Å². The summed E-state index contributed by atoms with van der Waals surface area (Å²) in [7, 11) is 0. The molecule has 2 aliphatic rings. The molecular formula is C22H25NO7. The van der Waals surface area contributed by atoms with E-state index < -0.39 is 17.7 Å². The first-order chi connectivity index (χ1) is 14.1. The van der Waals surface area contributed by atoms with Crippen LogP contribution in [0.2, 0.25) is 0 Å². The fourth-order valence-corrected chi connectivity index (χ4v) is 3.19. The number of nitrogens with one attached hydrogen (secondary N) is 1. The number of benzene rings is 1. The van der Waals surface area contributed by atoms with Crippen LogP contribution in [0.3, 0.4) is 0 Å². The van der Waals surface area contributed by atoms with E-state index in [1.54, 1.807) is 26.8 Å². The van der Waals surface area contributed by atoms with Gasteiger partial charge in [-0.15, -0.1) is 0 Å². The van der Waals surface area contributed by atoms with Gasteiger partial charge in [-0.2, -0.15) is 0 Å². The molecule has 30 heavy (non-hydrogen) atoms. The fraction of sp³-hybridized carbons (Fsp3) is 0.409. The number of hydrogen-bond donors (Lipinski definition) is 2. The van der Waals surface area contributed by atoms with E-state index >= 15 is 0 Å². The Kier molecular flexibility index (Phi) is 6.14. The van der Waals surface area contributed by atoms with Crippen molar-refractivity contribution < 1.29 is 33.7 Å². The van der Waals surface area contributed by atoms with Gasteiger partial charge >= 0.3 is 12.1 Å². The predicted molar refractivity (Wildman–Crippen MR) is 108 cm³/mol. The smallest absolute Gasteiger partial charge is 0.412 e. The third-order valence-corrected chi connectivity index (χ3v) is 4.49. The molecule has 160 valence electrons. The Morgan fingerprint density at radius 3 is 2.60 bits per heavy atom. The van der Waals surface area contributed by atoms with Crippen LogP contribution < -0.4 is 5.32 Å². The second-order valence-electron chi connectivity index (χ2n) is 8.06. The van der Waals surface area contributed by atoms with Gasteiger partial charge in [0.15, 0.2) is 5.76 Å². The van der Waals surface area contributed by atoms with Gasteiger partial charge in [0, 0.05) is 12.1 Å². The maximum Gasteiger partial charge on any atom is 0.412 e. The van der Waals surface area contributed by atoms with Crippen LogP contribution in [-0.4, -0.2) is 35.2 Å². The Hall–Kier alpha value is -3.29. The second-order valence-corrected chi connectivity index (χ2v) is 8.06. The molecule has 8 nitrogen and oxygen atoms in total. The van der Waals surface area contributed by atoms with Crippen molar-refractivity contribution >= 4 is 23.5 Å². The van der Waals surface area contributed by atoms with Gasteiger partial charge in [0.05, 0.1) is 6.61 Å². The molecule has 0 unspecified atom stereocenters. The van der Waals surface area contributed by atoms with Gasteiger partial charge in [-0.05, 0) is 56.9 Å². The molecule has 0 saturated heterocycles. The van der Waals surface area contributed by atoms with Crippen LogP contribution in [0, 0.1) is 0 Å². The summed E-state index contributed by atoms with van der Waals surface area (Å²) in [6, 6.07) is 5.38. The van der Waals surface area contributed by atoms with Crippen molar-refractivity contribution in [3.8, 4) is 0 Å². The number of allylic oxidation sites excluding steroid dienone is 2. The van der Waals surface area contributed by atoms with Crippen molar-refractivity contribution in [2.45, 2.75) is 52.2 Å². The zero-order valence-electron chi connectivity index (χ0n) is 17.2. The van der Waals surface area contributed by atoms with Crippen molar-refractivity contribution in [2.75, 3.05) is 11.9 Å². The number of amides is 1. The molecule has 0 aromatic heterocycles. The largest absolute Gasteiger partial charge is 0.489 e. The monoisotopic (exact) mass is 415 g/mol. The highest BCUT2D eigenvalue weighted by Gasteiger charge is 2.30. The molecule has 0 fully saturated rings. The van der Waals surface area contributed by atoms with Crippen molar-refractivity contribution in [2.24, 2.45) is 0 Å². The summed E-state index contributed by atoms with van der Waals surface area (Å²) in [4.78, 5) is 35.8. The summed E-state index contributed by atoms with van der Waals surface area (Å²) >= 11 is 0. The molecule has 0 radical (unpaired) electrons. The lowest BCUT2D eigenvalue weighted by Crippen LogP contribution is -2.27. The van der Waals surface area contributed by atoms with Gasteiger partial charge < -0.3 is 19.3 Å². The Morgan fingerprint density at radius 1 is 1.13 bits per heavy atom. The number of anilines is 1. The van der Waals surface area contributed by atoms with E-state index in [4.69, 9.17) is 14.2 Å². The van der Waals surface area contributed by atoms with E-state index in [9.17, 15) is 19.5 Å². The molecule has 1 aromatic rings. The second kappa shape index (κ2) is 8.61. The van der Waals surface area contributed by atoms with Crippen LogP contribution in [0.4, 0.5) is 10.5 Å². The molecular weight excluding hydrogens is 390 g/mol. The van der Waals surface area contributed by atoms with Gasteiger partial charge in [0.2, 0.25) is 11.5 Å². The Bertz CT molecular complexity index is 937. The van der Waals surface area contributed by atoms with E-state index in [1.165, 1.54) is 6.08 Å². The third-order valence-electron chi connectivity index (χ3n) is 4.49. The number of aryl methyl sites for hydroxylation is 1. The zero-order valence-corrected chi connectivity index (χ0v) is 17.2. The van der Waals surface area contributed by atoms with Gasteiger partial charge in [0.1, 0.15) is 17.8 Å². The summed E-state index contributed by atoms with van der Waals surface area (Å²) < 4.78 is 16.6.